The number of fused-ring (bicyclic) bond motifs is 1. The molecular formula is C31H36N6OS. The van der Waals surface area contributed by atoms with Gasteiger partial charge in [-0.1, -0.05) is 85.6 Å². The van der Waals surface area contributed by atoms with Crippen molar-refractivity contribution in [1.29, 1.82) is 0 Å². The van der Waals surface area contributed by atoms with Crippen molar-refractivity contribution in [2.75, 3.05) is 30.9 Å². The number of rotatable bonds is 8. The van der Waals surface area contributed by atoms with Gasteiger partial charge in [-0.15, -0.1) is 0 Å². The van der Waals surface area contributed by atoms with E-state index < -0.39 is 0 Å². The molecule has 0 unspecified atom stereocenters. The summed E-state index contributed by atoms with van der Waals surface area (Å²) in [5.74, 6) is 1.63. The highest BCUT2D eigenvalue weighted by Gasteiger charge is 2.28. The number of hydrogen-bond acceptors (Lipinski definition) is 6. The van der Waals surface area contributed by atoms with Crippen molar-refractivity contribution in [3.05, 3.63) is 96.1 Å². The van der Waals surface area contributed by atoms with Crippen LogP contribution in [0.15, 0.2) is 84.9 Å². The molecule has 3 aromatic carbocycles. The Morgan fingerprint density at radius 1 is 0.872 bits per heavy atom. The number of hydrogen-bond donors (Lipinski definition) is 3. The fourth-order valence-corrected chi connectivity index (χ4v) is 5.65. The number of carbonyl (C=O) groups excluding carboxylic acids is 1. The molecule has 1 aromatic heterocycles. The van der Waals surface area contributed by atoms with Gasteiger partial charge in [-0.3, -0.25) is 4.31 Å². The number of anilines is 2. The number of thiol groups is 1. The van der Waals surface area contributed by atoms with E-state index in [1.807, 2.05) is 79.7 Å². The van der Waals surface area contributed by atoms with Crippen molar-refractivity contribution >= 4 is 41.5 Å². The van der Waals surface area contributed by atoms with E-state index in [0.717, 1.165) is 42.4 Å². The SMILES string of the molecule is CN(C)c1nc(NC2CCC(N(S)C(=O)NCC(c3ccccc3)c3ccccc3)CC2)nc2ccccc12. The second-order valence-electron chi connectivity index (χ2n) is 10.3. The minimum atomic E-state index is -0.153. The summed E-state index contributed by atoms with van der Waals surface area (Å²) in [7, 11) is 4.00. The zero-order chi connectivity index (χ0) is 27.2. The van der Waals surface area contributed by atoms with Crippen molar-refractivity contribution < 1.29 is 4.79 Å². The van der Waals surface area contributed by atoms with Crippen LogP contribution in [0.1, 0.15) is 42.7 Å². The van der Waals surface area contributed by atoms with Crippen molar-refractivity contribution in [2.45, 2.75) is 43.7 Å². The third-order valence-corrected chi connectivity index (χ3v) is 7.96. The fourth-order valence-electron chi connectivity index (χ4n) is 5.35. The van der Waals surface area contributed by atoms with E-state index in [1.165, 1.54) is 11.1 Å². The summed E-state index contributed by atoms with van der Waals surface area (Å²) in [5.41, 5.74) is 3.28. The molecule has 1 saturated carbocycles. The van der Waals surface area contributed by atoms with E-state index in [-0.39, 0.29) is 24.0 Å². The van der Waals surface area contributed by atoms with Crippen LogP contribution in [0.25, 0.3) is 10.9 Å². The smallest absolute Gasteiger partial charge is 0.327 e. The predicted molar refractivity (Wildman–Crippen MR) is 162 cm³/mol. The van der Waals surface area contributed by atoms with Gasteiger partial charge in [0.2, 0.25) is 5.95 Å². The number of amides is 2. The van der Waals surface area contributed by atoms with E-state index >= 15 is 0 Å². The maximum Gasteiger partial charge on any atom is 0.327 e. The normalized spacial score (nSPS) is 17.1. The molecule has 1 aliphatic rings. The van der Waals surface area contributed by atoms with Crippen LogP contribution in [0.2, 0.25) is 0 Å². The van der Waals surface area contributed by atoms with Crippen molar-refractivity contribution in [2.24, 2.45) is 0 Å². The van der Waals surface area contributed by atoms with Crippen LogP contribution in [0.3, 0.4) is 0 Å². The van der Waals surface area contributed by atoms with Gasteiger partial charge >= 0.3 is 6.03 Å². The maximum atomic E-state index is 13.1. The fraction of sp³-hybridized carbons (Fsp3) is 0.323. The largest absolute Gasteiger partial charge is 0.362 e. The molecule has 0 saturated heterocycles. The summed E-state index contributed by atoms with van der Waals surface area (Å²) >= 11 is 4.62. The second-order valence-corrected chi connectivity index (χ2v) is 10.8. The summed E-state index contributed by atoms with van der Waals surface area (Å²) in [6.45, 7) is 0.508. The Balaban J connectivity index is 1.17. The van der Waals surface area contributed by atoms with E-state index in [0.29, 0.717) is 12.5 Å². The topological polar surface area (TPSA) is 73.4 Å². The Kier molecular flexibility index (Phi) is 8.51. The van der Waals surface area contributed by atoms with Gasteiger partial charge in [0, 0.05) is 44.0 Å². The Morgan fingerprint density at radius 2 is 1.46 bits per heavy atom. The molecule has 39 heavy (non-hydrogen) atoms. The second kappa shape index (κ2) is 12.4. The summed E-state index contributed by atoms with van der Waals surface area (Å²) in [6, 6.07) is 28.9. The first kappa shape index (κ1) is 26.8. The highest BCUT2D eigenvalue weighted by atomic mass is 32.1. The van der Waals surface area contributed by atoms with Crippen molar-refractivity contribution in [1.82, 2.24) is 19.6 Å². The summed E-state index contributed by atoms with van der Waals surface area (Å²) < 4.78 is 1.58. The highest BCUT2D eigenvalue weighted by Crippen LogP contribution is 2.29. The Labute approximate surface area is 236 Å². The average Bonchev–Trinajstić information content (AvgIpc) is 2.98. The van der Waals surface area contributed by atoms with Crippen molar-refractivity contribution in [3.8, 4) is 0 Å². The lowest BCUT2D eigenvalue weighted by Gasteiger charge is -2.34. The quantitative estimate of drug-likeness (QED) is 0.235. The van der Waals surface area contributed by atoms with Gasteiger partial charge in [-0.25, -0.2) is 9.78 Å². The number of nitrogens with zero attached hydrogens (tertiary/aromatic N) is 4. The van der Waals surface area contributed by atoms with Gasteiger partial charge < -0.3 is 15.5 Å². The van der Waals surface area contributed by atoms with E-state index in [9.17, 15) is 4.79 Å². The van der Waals surface area contributed by atoms with E-state index in [2.05, 4.69) is 47.7 Å². The Hall–Kier alpha value is -3.78. The first-order chi connectivity index (χ1) is 19.0. The van der Waals surface area contributed by atoms with Crippen molar-refractivity contribution in [3.63, 3.8) is 0 Å². The first-order valence-corrected chi connectivity index (χ1v) is 14.0. The molecule has 8 heteroatoms. The van der Waals surface area contributed by atoms with Crippen LogP contribution in [0, 0.1) is 0 Å². The van der Waals surface area contributed by atoms with Gasteiger partial charge in [0.1, 0.15) is 5.82 Å². The minimum Gasteiger partial charge on any atom is -0.362 e. The van der Waals surface area contributed by atoms with Gasteiger partial charge in [0.15, 0.2) is 0 Å². The molecule has 1 fully saturated rings. The molecule has 0 atom stereocenters. The molecule has 0 bridgehead atoms. The third kappa shape index (κ3) is 6.45. The van der Waals surface area contributed by atoms with Crippen LogP contribution in [-0.2, 0) is 0 Å². The number of urea groups is 1. The molecule has 2 amide bonds. The Bertz CT molecular complexity index is 1340. The molecule has 7 nitrogen and oxygen atoms in total. The zero-order valence-corrected chi connectivity index (χ0v) is 23.4. The molecule has 0 aliphatic heterocycles. The molecular weight excluding hydrogens is 504 g/mol. The van der Waals surface area contributed by atoms with Crippen LogP contribution >= 0.6 is 12.8 Å². The molecule has 1 aliphatic carbocycles. The zero-order valence-electron chi connectivity index (χ0n) is 22.5. The monoisotopic (exact) mass is 540 g/mol. The molecule has 0 radical (unpaired) electrons. The van der Waals surface area contributed by atoms with Gasteiger partial charge in [0.05, 0.1) is 5.52 Å². The van der Waals surface area contributed by atoms with Gasteiger partial charge in [-0.2, -0.15) is 4.98 Å². The molecule has 202 valence electrons. The van der Waals surface area contributed by atoms with E-state index in [1.54, 1.807) is 4.31 Å². The predicted octanol–water partition coefficient (Wildman–Crippen LogP) is 6.11. The van der Waals surface area contributed by atoms with Gasteiger partial charge in [-0.05, 0) is 48.9 Å². The number of aromatic nitrogens is 2. The number of nitrogens with one attached hydrogen (secondary N) is 2. The molecule has 2 N–H and O–H groups in total. The third-order valence-electron chi connectivity index (χ3n) is 7.45. The summed E-state index contributed by atoms with van der Waals surface area (Å²) in [6.07, 6.45) is 3.56. The van der Waals surface area contributed by atoms with Crippen LogP contribution < -0.4 is 15.5 Å². The minimum absolute atomic E-state index is 0.0760. The molecule has 0 spiro atoms. The lowest BCUT2D eigenvalue weighted by Crippen LogP contribution is -2.44. The lowest BCUT2D eigenvalue weighted by molar-refractivity contribution is 0.204. The summed E-state index contributed by atoms with van der Waals surface area (Å²) in [5, 5.41) is 7.71. The first-order valence-electron chi connectivity index (χ1n) is 13.6. The standard InChI is InChI=1S/C31H36N6OS/c1-36(2)29-26-15-9-10-16-28(26)34-30(35-29)33-24-17-19-25(20-18-24)37(39)31(38)32-21-27(22-11-5-3-6-12-22)23-13-7-4-8-14-23/h3-16,24-25,27,39H,17-21H2,1-2H3,(H,32,38)(H,33,34,35). The van der Waals surface area contributed by atoms with Crippen LogP contribution in [0.5, 0.6) is 0 Å². The molecule has 5 rings (SSSR count). The molecule has 4 aromatic rings. The van der Waals surface area contributed by atoms with Gasteiger partial charge in [0.25, 0.3) is 0 Å². The Morgan fingerprint density at radius 3 is 2.08 bits per heavy atom. The molecule has 1 heterocycles. The maximum absolute atomic E-state index is 13.1. The highest BCUT2D eigenvalue weighted by molar-refractivity contribution is 7.78. The summed E-state index contributed by atoms with van der Waals surface area (Å²) in [4.78, 5) is 24.7. The lowest BCUT2D eigenvalue weighted by atomic mass is 9.91. The average molecular weight is 541 g/mol. The van der Waals surface area contributed by atoms with Crippen LogP contribution in [0.4, 0.5) is 16.6 Å². The number of carbonyl (C=O) groups is 1. The van der Waals surface area contributed by atoms with E-state index in [4.69, 9.17) is 9.97 Å². The number of para-hydroxylation sites is 1. The number of benzene rings is 3. The van der Waals surface area contributed by atoms with Crippen LogP contribution in [-0.4, -0.2) is 53.0 Å².